The smallest absolute Gasteiger partial charge is 0.338 e. The van der Waals surface area contributed by atoms with Crippen LogP contribution >= 0.6 is 0 Å². The molecule has 0 aromatic rings. The first-order chi connectivity index (χ1) is 20.3. The molecule has 4 saturated carbocycles. The number of fused-ring (bicyclic) bond motifs is 7. The van der Waals surface area contributed by atoms with Crippen molar-refractivity contribution in [1.82, 2.24) is 0 Å². The van der Waals surface area contributed by atoms with E-state index in [1.165, 1.54) is 0 Å². The van der Waals surface area contributed by atoms with E-state index >= 15 is 0 Å². The Kier molecular flexibility index (Phi) is 8.35. The summed E-state index contributed by atoms with van der Waals surface area (Å²) in [6.45, 7) is 8.90. The maximum absolute atomic E-state index is 14.3. The van der Waals surface area contributed by atoms with E-state index in [0.717, 1.165) is 38.5 Å². The molecule has 10 nitrogen and oxygen atoms in total. The van der Waals surface area contributed by atoms with Crippen LogP contribution in [0.5, 0.6) is 0 Å². The van der Waals surface area contributed by atoms with Crippen molar-refractivity contribution in [2.75, 3.05) is 13.2 Å². The molecular formula is C33H52O10. The van der Waals surface area contributed by atoms with E-state index in [0.29, 0.717) is 49.4 Å². The lowest BCUT2D eigenvalue weighted by Gasteiger charge is -2.60. The van der Waals surface area contributed by atoms with Gasteiger partial charge in [-0.3, -0.25) is 4.79 Å². The number of ketones is 1. The first-order valence-corrected chi connectivity index (χ1v) is 16.7. The fourth-order valence-electron chi connectivity index (χ4n) is 10.9. The molecule has 0 radical (unpaired) electrons. The van der Waals surface area contributed by atoms with Gasteiger partial charge in [0.05, 0.1) is 19.3 Å². The van der Waals surface area contributed by atoms with Crippen LogP contribution in [0.1, 0.15) is 85.5 Å². The van der Waals surface area contributed by atoms with Crippen LogP contribution in [0, 0.1) is 52.3 Å². The Balaban J connectivity index is 1.12. The predicted molar refractivity (Wildman–Crippen MR) is 153 cm³/mol. The van der Waals surface area contributed by atoms with Crippen molar-refractivity contribution in [2.45, 2.75) is 128 Å². The van der Waals surface area contributed by atoms with Crippen molar-refractivity contribution in [3.05, 3.63) is 0 Å². The molecule has 10 heteroatoms. The van der Waals surface area contributed by atoms with E-state index in [1.54, 1.807) is 0 Å². The van der Waals surface area contributed by atoms with E-state index in [2.05, 4.69) is 27.7 Å². The van der Waals surface area contributed by atoms with Gasteiger partial charge in [-0.2, -0.15) is 0 Å². The minimum atomic E-state index is -2.04. The Morgan fingerprint density at radius 1 is 1.00 bits per heavy atom. The fourth-order valence-corrected chi connectivity index (χ4v) is 10.9. The van der Waals surface area contributed by atoms with Gasteiger partial charge in [0, 0.05) is 30.1 Å². The van der Waals surface area contributed by atoms with Gasteiger partial charge in [-0.15, -0.1) is 0 Å². The molecule has 16 atom stereocenters. The van der Waals surface area contributed by atoms with Crippen LogP contribution in [-0.2, 0) is 23.8 Å². The Hall–Kier alpha value is -1.14. The average Bonchev–Trinajstić information content (AvgIpc) is 3.44. The molecule has 6 aliphatic rings. The minimum Gasteiger partial charge on any atom is -0.460 e. The standard InChI is InChI=1S/C33H52O10/c1-16-7-10-33(41-15-16)17(2)26-24(43-33)12-22-20-6-5-18-11-19(42-30(40)29(39)28(38)27(37)23(35)14-34)8-9-31(18,3)21(20)13-25(36)32(22,26)4/h16-24,26-29,34-35,37-39H,5-15H2,1-4H3/t16-,17+,18+,19+,20-,21+,22+,23-,24+,26+,27-,28+,29-,31+,32-,33-/m1/s1. The van der Waals surface area contributed by atoms with Gasteiger partial charge in [-0.25, -0.2) is 4.79 Å². The van der Waals surface area contributed by atoms with Gasteiger partial charge >= 0.3 is 5.97 Å². The molecule has 1 spiro atoms. The van der Waals surface area contributed by atoms with Gasteiger partial charge < -0.3 is 39.7 Å². The molecule has 4 aliphatic carbocycles. The highest BCUT2D eigenvalue weighted by atomic mass is 16.7. The number of hydrogen-bond acceptors (Lipinski definition) is 10. The second-order valence-corrected chi connectivity index (χ2v) is 15.5. The average molecular weight is 609 g/mol. The third kappa shape index (κ3) is 4.84. The third-order valence-electron chi connectivity index (χ3n) is 13.5. The number of aliphatic hydroxyl groups is 5. The Labute approximate surface area is 254 Å². The molecule has 6 rings (SSSR count). The van der Waals surface area contributed by atoms with Gasteiger partial charge in [0.15, 0.2) is 11.9 Å². The molecule has 2 aliphatic heterocycles. The maximum atomic E-state index is 14.3. The summed E-state index contributed by atoms with van der Waals surface area (Å²) < 4.78 is 18.8. The summed E-state index contributed by atoms with van der Waals surface area (Å²) in [7, 11) is 0. The first kappa shape index (κ1) is 31.8. The lowest BCUT2D eigenvalue weighted by Crippen LogP contribution is -2.58. The Bertz CT molecular complexity index is 1070. The summed E-state index contributed by atoms with van der Waals surface area (Å²) >= 11 is 0. The van der Waals surface area contributed by atoms with Gasteiger partial charge in [0.2, 0.25) is 0 Å². The Morgan fingerprint density at radius 2 is 1.74 bits per heavy atom. The van der Waals surface area contributed by atoms with E-state index < -0.39 is 54.3 Å². The summed E-state index contributed by atoms with van der Waals surface area (Å²) in [6, 6.07) is 0. The van der Waals surface area contributed by atoms with Gasteiger partial charge in [-0.05, 0) is 80.0 Å². The zero-order valence-corrected chi connectivity index (χ0v) is 26.1. The van der Waals surface area contributed by atoms with Crippen LogP contribution in [0.4, 0.5) is 0 Å². The SMILES string of the molecule is C[C@@H]1CC[C@@]2(OC1)O[C@H]1C[C@H]3[C@@H]4CC[C@H]5C[C@@H](OC(=O)[C@H](O)[C@@H](O)[C@H](O)[C@H](O)CO)CC[C@]5(C)[C@H]4CC(=O)[C@]3(C)[C@H]1[C@@H]2C. The largest absolute Gasteiger partial charge is 0.460 e. The van der Waals surface area contributed by atoms with Gasteiger partial charge in [0.1, 0.15) is 30.2 Å². The molecule has 0 aromatic carbocycles. The third-order valence-corrected chi connectivity index (χ3v) is 13.5. The lowest BCUT2D eigenvalue weighted by molar-refractivity contribution is -0.272. The molecule has 2 saturated heterocycles. The van der Waals surface area contributed by atoms with Crippen molar-refractivity contribution in [2.24, 2.45) is 52.3 Å². The topological polar surface area (TPSA) is 163 Å². The van der Waals surface area contributed by atoms with Gasteiger partial charge in [0.25, 0.3) is 0 Å². The summed E-state index contributed by atoms with van der Waals surface area (Å²) in [6.07, 6.45) is -0.495. The number of carbonyl (C=O) groups is 2. The molecule has 5 N–H and O–H groups in total. The van der Waals surface area contributed by atoms with Gasteiger partial charge in [-0.1, -0.05) is 27.7 Å². The molecule has 43 heavy (non-hydrogen) atoms. The van der Waals surface area contributed by atoms with Crippen molar-refractivity contribution in [3.63, 3.8) is 0 Å². The number of carbonyl (C=O) groups excluding carboxylic acids is 2. The molecule has 2 heterocycles. The number of aliphatic hydroxyl groups excluding tert-OH is 5. The first-order valence-electron chi connectivity index (χ1n) is 16.7. The molecule has 244 valence electrons. The van der Waals surface area contributed by atoms with E-state index in [4.69, 9.17) is 19.3 Å². The molecule has 0 amide bonds. The summed E-state index contributed by atoms with van der Waals surface area (Å²) in [5.41, 5.74) is -0.460. The molecule has 0 unspecified atom stereocenters. The predicted octanol–water partition coefficient (Wildman–Crippen LogP) is 1.96. The van der Waals surface area contributed by atoms with Crippen molar-refractivity contribution in [3.8, 4) is 0 Å². The molecule has 0 bridgehead atoms. The number of esters is 1. The molecule has 6 fully saturated rings. The summed E-state index contributed by atoms with van der Waals surface area (Å²) in [5.74, 6) is 0.940. The van der Waals surface area contributed by atoms with Crippen LogP contribution in [0.25, 0.3) is 0 Å². The molecule has 0 aromatic heterocycles. The monoisotopic (exact) mass is 608 g/mol. The molecular weight excluding hydrogens is 556 g/mol. The van der Waals surface area contributed by atoms with Crippen LogP contribution < -0.4 is 0 Å². The number of ether oxygens (including phenoxy) is 3. The highest BCUT2D eigenvalue weighted by Gasteiger charge is 2.71. The van der Waals surface area contributed by atoms with E-state index in [9.17, 15) is 30.0 Å². The number of rotatable bonds is 6. The van der Waals surface area contributed by atoms with E-state index in [1.807, 2.05) is 0 Å². The highest BCUT2D eigenvalue weighted by Crippen LogP contribution is 2.70. The van der Waals surface area contributed by atoms with Crippen molar-refractivity contribution in [1.29, 1.82) is 0 Å². The van der Waals surface area contributed by atoms with Crippen LogP contribution in [-0.4, -0.2) is 92.9 Å². The second-order valence-electron chi connectivity index (χ2n) is 15.5. The lowest BCUT2D eigenvalue weighted by atomic mass is 9.44. The summed E-state index contributed by atoms with van der Waals surface area (Å²) in [5, 5.41) is 48.8. The van der Waals surface area contributed by atoms with Crippen molar-refractivity contribution >= 4 is 11.8 Å². The van der Waals surface area contributed by atoms with Crippen LogP contribution in [0.3, 0.4) is 0 Å². The second kappa shape index (κ2) is 11.3. The van der Waals surface area contributed by atoms with Crippen LogP contribution in [0.15, 0.2) is 0 Å². The minimum absolute atomic E-state index is 0.0561. The van der Waals surface area contributed by atoms with E-state index in [-0.39, 0.29) is 35.2 Å². The number of Topliss-reactive ketones (excluding diaryl/α,β-unsaturated/α-hetero) is 1. The maximum Gasteiger partial charge on any atom is 0.338 e. The number of hydrogen-bond donors (Lipinski definition) is 5. The van der Waals surface area contributed by atoms with Crippen molar-refractivity contribution < 1.29 is 49.3 Å². The zero-order valence-electron chi connectivity index (χ0n) is 26.1. The highest BCUT2D eigenvalue weighted by molar-refractivity contribution is 5.87. The van der Waals surface area contributed by atoms with Crippen LogP contribution in [0.2, 0.25) is 0 Å². The quantitative estimate of drug-likeness (QED) is 0.282. The normalized spacial score (nSPS) is 50.2. The zero-order chi connectivity index (χ0) is 31.1. The Morgan fingerprint density at radius 3 is 2.42 bits per heavy atom. The fraction of sp³-hybridized carbons (Fsp3) is 0.939. The summed E-state index contributed by atoms with van der Waals surface area (Å²) in [4.78, 5) is 26.9.